The molecule has 0 bridgehead atoms. The smallest absolute Gasteiger partial charge is 0.242 e. The van der Waals surface area contributed by atoms with Gasteiger partial charge in [0.1, 0.15) is 6.54 Å². The summed E-state index contributed by atoms with van der Waals surface area (Å²) in [4.78, 5) is 34.0. The van der Waals surface area contributed by atoms with E-state index in [1.165, 1.54) is 30.2 Å². The van der Waals surface area contributed by atoms with E-state index in [0.717, 1.165) is 43.2 Å². The number of rotatable bonds is 16. The molecular formula is C32H43N3O4. The third-order valence-electron chi connectivity index (χ3n) is 7.61. The SMILES string of the molecule is CCCCCCCC(=O)N(CC(=O)N(CCc1c[nH]c2ccccc12)Cc1ccc(OC)c(OC)c1)C1CC1. The molecule has 1 aliphatic rings. The number of carbonyl (C=O) groups excluding carboxylic acids is 2. The first kappa shape index (κ1) is 28.5. The first-order valence-electron chi connectivity index (χ1n) is 14.4. The molecule has 1 saturated carbocycles. The summed E-state index contributed by atoms with van der Waals surface area (Å²) in [6, 6.07) is 14.2. The summed E-state index contributed by atoms with van der Waals surface area (Å²) in [5.41, 5.74) is 3.23. The molecular weight excluding hydrogens is 490 g/mol. The van der Waals surface area contributed by atoms with Crippen LogP contribution < -0.4 is 9.47 Å². The minimum absolute atomic E-state index is 0.0177. The van der Waals surface area contributed by atoms with Gasteiger partial charge in [0.2, 0.25) is 11.8 Å². The Bertz CT molecular complexity index is 1230. The zero-order valence-corrected chi connectivity index (χ0v) is 23.7. The van der Waals surface area contributed by atoms with E-state index in [2.05, 4.69) is 24.0 Å². The number of methoxy groups -OCH3 is 2. The van der Waals surface area contributed by atoms with Gasteiger partial charge in [-0.15, -0.1) is 0 Å². The van der Waals surface area contributed by atoms with Gasteiger partial charge in [-0.05, 0) is 55.0 Å². The molecule has 0 spiro atoms. The summed E-state index contributed by atoms with van der Waals surface area (Å²) in [6.07, 6.45) is 10.8. The Labute approximate surface area is 232 Å². The fraction of sp³-hybridized carbons (Fsp3) is 0.500. The Balaban J connectivity index is 1.47. The van der Waals surface area contributed by atoms with Gasteiger partial charge in [-0.2, -0.15) is 0 Å². The summed E-state index contributed by atoms with van der Waals surface area (Å²) in [6.45, 7) is 3.32. The van der Waals surface area contributed by atoms with E-state index in [9.17, 15) is 9.59 Å². The fourth-order valence-electron chi connectivity index (χ4n) is 5.16. The number of nitrogens with zero attached hydrogens (tertiary/aromatic N) is 2. The summed E-state index contributed by atoms with van der Waals surface area (Å²) in [7, 11) is 3.23. The number of aromatic amines is 1. The molecule has 39 heavy (non-hydrogen) atoms. The van der Waals surface area contributed by atoms with E-state index in [0.29, 0.717) is 31.0 Å². The van der Waals surface area contributed by atoms with Crippen LogP contribution >= 0.6 is 0 Å². The summed E-state index contributed by atoms with van der Waals surface area (Å²) in [5.74, 6) is 1.39. The van der Waals surface area contributed by atoms with E-state index < -0.39 is 0 Å². The molecule has 1 heterocycles. The molecule has 1 aromatic heterocycles. The highest BCUT2D eigenvalue weighted by atomic mass is 16.5. The predicted molar refractivity (Wildman–Crippen MR) is 155 cm³/mol. The van der Waals surface area contributed by atoms with E-state index >= 15 is 0 Å². The summed E-state index contributed by atoms with van der Waals surface area (Å²) >= 11 is 0. The standard InChI is InChI=1S/C32H43N3O4/c1-4-5-6-7-8-13-31(36)35(26-15-16-26)23-32(37)34(22-24-14-17-29(38-2)30(20-24)39-3)19-18-25-21-33-28-12-10-9-11-27(25)28/h9-12,14,17,20-21,26,33H,4-8,13,15-16,18-19,22-23H2,1-3H3. The highest BCUT2D eigenvalue weighted by Crippen LogP contribution is 2.30. The maximum Gasteiger partial charge on any atom is 0.242 e. The van der Waals surface area contributed by atoms with E-state index in [4.69, 9.17) is 9.47 Å². The molecule has 7 heteroatoms. The maximum atomic E-state index is 13.8. The van der Waals surface area contributed by atoms with Crippen molar-refractivity contribution in [2.45, 2.75) is 77.3 Å². The second kappa shape index (κ2) is 14.1. The highest BCUT2D eigenvalue weighted by molar-refractivity contribution is 5.86. The number of para-hydroxylation sites is 1. The predicted octanol–water partition coefficient (Wildman–Crippen LogP) is 6.11. The van der Waals surface area contributed by atoms with Gasteiger partial charge >= 0.3 is 0 Å². The summed E-state index contributed by atoms with van der Waals surface area (Å²) in [5, 5.41) is 1.17. The van der Waals surface area contributed by atoms with Crippen LogP contribution in [0.1, 0.15) is 69.4 Å². The molecule has 3 aromatic rings. The lowest BCUT2D eigenvalue weighted by atomic mass is 10.1. The molecule has 2 amide bonds. The summed E-state index contributed by atoms with van der Waals surface area (Å²) < 4.78 is 10.9. The molecule has 1 N–H and O–H groups in total. The molecule has 0 saturated heterocycles. The van der Waals surface area contributed by atoms with Crippen molar-refractivity contribution < 1.29 is 19.1 Å². The lowest BCUT2D eigenvalue weighted by Crippen LogP contribution is -2.44. The number of hydrogen-bond donors (Lipinski definition) is 1. The number of fused-ring (bicyclic) bond motifs is 1. The lowest BCUT2D eigenvalue weighted by Gasteiger charge is -2.28. The number of benzene rings is 2. The zero-order chi connectivity index (χ0) is 27.6. The van der Waals surface area contributed by atoms with Crippen LogP contribution in [0.3, 0.4) is 0 Å². The van der Waals surface area contributed by atoms with Crippen molar-refractivity contribution in [3.63, 3.8) is 0 Å². The van der Waals surface area contributed by atoms with Gasteiger partial charge in [-0.25, -0.2) is 0 Å². The number of unbranched alkanes of at least 4 members (excludes halogenated alkanes) is 4. The molecule has 0 atom stereocenters. The van der Waals surface area contributed by atoms with Gasteiger partial charge in [-0.3, -0.25) is 9.59 Å². The van der Waals surface area contributed by atoms with Gasteiger partial charge < -0.3 is 24.3 Å². The Morgan fingerprint density at radius 2 is 1.72 bits per heavy atom. The normalized spacial score (nSPS) is 12.9. The number of carbonyl (C=O) groups is 2. The van der Waals surface area contributed by atoms with Crippen molar-refractivity contribution in [2.75, 3.05) is 27.3 Å². The number of H-pyrrole nitrogens is 1. The Hall–Kier alpha value is -3.48. The largest absolute Gasteiger partial charge is 0.493 e. The number of hydrogen-bond acceptors (Lipinski definition) is 4. The quantitative estimate of drug-likeness (QED) is 0.226. The molecule has 4 rings (SSSR count). The van der Waals surface area contributed by atoms with Crippen LogP contribution in [0, 0.1) is 0 Å². The number of aromatic nitrogens is 1. The van der Waals surface area contributed by atoms with Gasteiger partial charge in [0.15, 0.2) is 11.5 Å². The molecule has 0 aliphatic heterocycles. The van der Waals surface area contributed by atoms with Crippen LogP contribution in [0.5, 0.6) is 11.5 Å². The average molecular weight is 534 g/mol. The molecule has 1 fully saturated rings. The highest BCUT2D eigenvalue weighted by Gasteiger charge is 2.34. The van der Waals surface area contributed by atoms with Gasteiger partial charge in [0.05, 0.1) is 14.2 Å². The first-order chi connectivity index (χ1) is 19.0. The van der Waals surface area contributed by atoms with Crippen LogP contribution in [-0.4, -0.2) is 59.9 Å². The first-order valence-corrected chi connectivity index (χ1v) is 14.4. The van der Waals surface area contributed by atoms with Crippen LogP contribution in [0.4, 0.5) is 0 Å². The second-order valence-electron chi connectivity index (χ2n) is 10.5. The maximum absolute atomic E-state index is 13.8. The van der Waals surface area contributed by atoms with Crippen molar-refractivity contribution >= 4 is 22.7 Å². The third-order valence-corrected chi connectivity index (χ3v) is 7.61. The fourth-order valence-corrected chi connectivity index (χ4v) is 5.16. The third kappa shape index (κ3) is 7.78. The van der Waals surface area contributed by atoms with Crippen LogP contribution in [0.2, 0.25) is 0 Å². The minimum atomic E-state index is -0.0177. The zero-order valence-electron chi connectivity index (χ0n) is 23.7. The monoisotopic (exact) mass is 533 g/mol. The van der Waals surface area contributed by atoms with E-state index in [1.54, 1.807) is 14.2 Å². The number of nitrogens with one attached hydrogen (secondary N) is 1. The van der Waals surface area contributed by atoms with E-state index in [-0.39, 0.29) is 24.4 Å². The number of ether oxygens (including phenoxy) is 2. The van der Waals surface area contributed by atoms with Crippen LogP contribution in [0.15, 0.2) is 48.7 Å². The number of amides is 2. The van der Waals surface area contributed by atoms with E-state index in [1.807, 2.05) is 46.3 Å². The van der Waals surface area contributed by atoms with Crippen molar-refractivity contribution in [1.29, 1.82) is 0 Å². The molecule has 2 aromatic carbocycles. The second-order valence-corrected chi connectivity index (χ2v) is 10.5. The molecule has 7 nitrogen and oxygen atoms in total. The van der Waals surface area contributed by atoms with Crippen LogP contribution in [0.25, 0.3) is 10.9 Å². The van der Waals surface area contributed by atoms with Crippen molar-refractivity contribution in [3.05, 3.63) is 59.8 Å². The van der Waals surface area contributed by atoms with Crippen molar-refractivity contribution in [1.82, 2.24) is 14.8 Å². The van der Waals surface area contributed by atoms with Crippen molar-refractivity contribution in [3.8, 4) is 11.5 Å². The van der Waals surface area contributed by atoms with Crippen molar-refractivity contribution in [2.24, 2.45) is 0 Å². The molecule has 0 unspecified atom stereocenters. The Morgan fingerprint density at radius 1 is 0.949 bits per heavy atom. The topological polar surface area (TPSA) is 74.9 Å². The van der Waals surface area contributed by atoms with Gasteiger partial charge in [0, 0.05) is 42.7 Å². The van der Waals surface area contributed by atoms with Gasteiger partial charge in [0.25, 0.3) is 0 Å². The molecule has 0 radical (unpaired) electrons. The molecule has 1 aliphatic carbocycles. The van der Waals surface area contributed by atoms with Gasteiger partial charge in [-0.1, -0.05) is 56.9 Å². The Kier molecular flexibility index (Phi) is 10.3. The van der Waals surface area contributed by atoms with Crippen LogP contribution in [-0.2, 0) is 22.6 Å². The minimum Gasteiger partial charge on any atom is -0.493 e. The molecule has 210 valence electrons. The Morgan fingerprint density at radius 3 is 2.46 bits per heavy atom. The average Bonchev–Trinajstić information content (AvgIpc) is 3.72. The lowest BCUT2D eigenvalue weighted by molar-refractivity contribution is -0.141.